The van der Waals surface area contributed by atoms with Crippen molar-refractivity contribution in [3.05, 3.63) is 78.5 Å². The lowest BCUT2D eigenvalue weighted by Gasteiger charge is -2.30. The van der Waals surface area contributed by atoms with E-state index in [1.165, 1.54) is 12.0 Å². The quantitative estimate of drug-likeness (QED) is 0.281. The molecule has 2 aromatic carbocycles. The molecule has 8 rings (SSSR count). The number of morpholine rings is 1. The van der Waals surface area contributed by atoms with Crippen LogP contribution in [0.25, 0.3) is 55.8 Å². The second-order valence-electron chi connectivity index (χ2n) is 11.0. The second kappa shape index (κ2) is 10.3. The standard InChI is InChI=1S/C32H29FN8O/c33-24-12-21(13-25(15-24)41-7-9-42-10-8-41)26-3-1-4-28-29(26)37-32(36-28)30-27-14-23(18-35-31(27)39-38-30)22-11-20(16-34-17-22)19-40-5-2-6-40/h1,3-4,11-18H,2,5-10,19H2,(H,36,37)(H,35,38,39). The van der Waals surface area contributed by atoms with E-state index < -0.39 is 0 Å². The first kappa shape index (κ1) is 25.1. The average molecular weight is 561 g/mol. The van der Waals surface area contributed by atoms with Crippen molar-refractivity contribution in [3.63, 3.8) is 0 Å². The third-order valence-corrected chi connectivity index (χ3v) is 8.21. The van der Waals surface area contributed by atoms with Gasteiger partial charge in [0.2, 0.25) is 0 Å². The number of hydrogen-bond acceptors (Lipinski definition) is 7. The van der Waals surface area contributed by atoms with Gasteiger partial charge in [0.1, 0.15) is 11.5 Å². The van der Waals surface area contributed by atoms with E-state index >= 15 is 0 Å². The van der Waals surface area contributed by atoms with Gasteiger partial charge in [-0.05, 0) is 67.0 Å². The van der Waals surface area contributed by atoms with Gasteiger partial charge in [0, 0.05) is 60.6 Å². The minimum Gasteiger partial charge on any atom is -0.378 e. The van der Waals surface area contributed by atoms with Gasteiger partial charge in [0.15, 0.2) is 11.5 Å². The Morgan fingerprint density at radius 2 is 1.79 bits per heavy atom. The average Bonchev–Trinajstić information content (AvgIpc) is 3.63. The number of likely N-dealkylation sites (tertiary alicyclic amines) is 1. The van der Waals surface area contributed by atoms with Gasteiger partial charge in [-0.25, -0.2) is 14.4 Å². The number of ether oxygens (including phenoxy) is 1. The summed E-state index contributed by atoms with van der Waals surface area (Å²) in [6, 6.07) is 15.4. The highest BCUT2D eigenvalue weighted by Crippen LogP contribution is 2.34. The molecule has 0 bridgehead atoms. The van der Waals surface area contributed by atoms with Crippen LogP contribution >= 0.6 is 0 Å². The van der Waals surface area contributed by atoms with E-state index in [-0.39, 0.29) is 5.82 Å². The number of anilines is 1. The van der Waals surface area contributed by atoms with Crippen LogP contribution in [-0.2, 0) is 11.3 Å². The third-order valence-electron chi connectivity index (χ3n) is 8.21. The number of fused-ring (bicyclic) bond motifs is 2. The maximum absolute atomic E-state index is 14.8. The van der Waals surface area contributed by atoms with Crippen LogP contribution in [0.2, 0.25) is 0 Å². The predicted molar refractivity (Wildman–Crippen MR) is 161 cm³/mol. The first-order valence-corrected chi connectivity index (χ1v) is 14.3. The van der Waals surface area contributed by atoms with E-state index in [4.69, 9.17) is 9.72 Å². The van der Waals surface area contributed by atoms with Crippen molar-refractivity contribution >= 4 is 27.8 Å². The molecule has 0 radical (unpaired) electrons. The summed E-state index contributed by atoms with van der Waals surface area (Å²) >= 11 is 0. The van der Waals surface area contributed by atoms with Crippen LogP contribution in [0, 0.1) is 5.82 Å². The normalized spacial score (nSPS) is 15.9. The molecular formula is C32H29FN8O. The zero-order valence-corrected chi connectivity index (χ0v) is 23.0. The third kappa shape index (κ3) is 4.58. The first-order chi connectivity index (χ1) is 20.7. The van der Waals surface area contributed by atoms with E-state index in [9.17, 15) is 4.39 Å². The van der Waals surface area contributed by atoms with Gasteiger partial charge in [-0.15, -0.1) is 0 Å². The van der Waals surface area contributed by atoms with E-state index in [0.717, 1.165) is 82.8 Å². The highest BCUT2D eigenvalue weighted by Gasteiger charge is 2.19. The van der Waals surface area contributed by atoms with Crippen molar-refractivity contribution < 1.29 is 9.13 Å². The Morgan fingerprint density at radius 3 is 2.64 bits per heavy atom. The second-order valence-corrected chi connectivity index (χ2v) is 11.0. The van der Waals surface area contributed by atoms with Gasteiger partial charge < -0.3 is 14.6 Å². The molecule has 2 aliphatic heterocycles. The fraction of sp³-hybridized carbons (Fsp3) is 0.250. The molecule has 2 N–H and O–H groups in total. The molecule has 6 heterocycles. The molecule has 42 heavy (non-hydrogen) atoms. The van der Waals surface area contributed by atoms with Gasteiger partial charge in [-0.2, -0.15) is 5.10 Å². The molecule has 2 fully saturated rings. The molecule has 0 unspecified atom stereocenters. The number of pyridine rings is 2. The molecular weight excluding hydrogens is 531 g/mol. The number of hydrogen-bond donors (Lipinski definition) is 2. The van der Waals surface area contributed by atoms with Gasteiger partial charge in [-0.1, -0.05) is 12.1 Å². The number of aromatic nitrogens is 6. The van der Waals surface area contributed by atoms with Gasteiger partial charge in [0.05, 0.1) is 29.6 Å². The Kier molecular flexibility index (Phi) is 6.15. The number of imidazole rings is 1. The van der Waals surface area contributed by atoms with Crippen molar-refractivity contribution in [3.8, 4) is 33.8 Å². The highest BCUT2D eigenvalue weighted by molar-refractivity contribution is 5.97. The predicted octanol–water partition coefficient (Wildman–Crippen LogP) is 5.41. The summed E-state index contributed by atoms with van der Waals surface area (Å²) in [7, 11) is 0. The number of halogens is 1. The number of benzene rings is 2. The van der Waals surface area contributed by atoms with E-state index in [1.807, 2.05) is 42.9 Å². The van der Waals surface area contributed by atoms with Crippen molar-refractivity contribution in [2.45, 2.75) is 13.0 Å². The summed E-state index contributed by atoms with van der Waals surface area (Å²) < 4.78 is 20.3. The molecule has 210 valence electrons. The van der Waals surface area contributed by atoms with Crippen LogP contribution in [0.4, 0.5) is 10.1 Å². The number of nitrogens with zero attached hydrogens (tertiary/aromatic N) is 6. The summed E-state index contributed by atoms with van der Waals surface area (Å²) in [6.07, 6.45) is 6.91. The molecule has 9 nitrogen and oxygen atoms in total. The van der Waals surface area contributed by atoms with Crippen molar-refractivity contribution in [2.24, 2.45) is 0 Å². The molecule has 6 aromatic rings. The lowest BCUT2D eigenvalue weighted by Crippen LogP contribution is -2.36. The largest absolute Gasteiger partial charge is 0.378 e. The topological polar surface area (TPSA) is 98.8 Å². The lowest BCUT2D eigenvalue weighted by atomic mass is 10.0. The monoisotopic (exact) mass is 560 g/mol. The first-order valence-electron chi connectivity index (χ1n) is 14.3. The zero-order valence-electron chi connectivity index (χ0n) is 23.0. The Hall–Kier alpha value is -4.67. The van der Waals surface area contributed by atoms with E-state index in [0.29, 0.717) is 24.7 Å². The van der Waals surface area contributed by atoms with Crippen LogP contribution < -0.4 is 4.90 Å². The van der Waals surface area contributed by atoms with Crippen LogP contribution in [-0.4, -0.2) is 74.4 Å². The van der Waals surface area contributed by atoms with E-state index in [2.05, 4.69) is 47.1 Å². The number of nitrogens with one attached hydrogen (secondary N) is 2. The smallest absolute Gasteiger partial charge is 0.181 e. The van der Waals surface area contributed by atoms with Crippen LogP contribution in [0.5, 0.6) is 0 Å². The fourth-order valence-corrected chi connectivity index (χ4v) is 5.89. The number of H-pyrrole nitrogens is 2. The maximum atomic E-state index is 14.8. The zero-order chi connectivity index (χ0) is 28.0. The Balaban J connectivity index is 1.17. The Bertz CT molecular complexity index is 1920. The maximum Gasteiger partial charge on any atom is 0.181 e. The summed E-state index contributed by atoms with van der Waals surface area (Å²) in [5.41, 5.74) is 8.65. The molecule has 4 aromatic heterocycles. The molecule has 0 atom stereocenters. The highest BCUT2D eigenvalue weighted by atomic mass is 19.1. The SMILES string of the molecule is Fc1cc(-c2cccc3[nH]c(-c4[nH]nc5ncc(-c6cncc(CN7CCC7)c6)cc45)nc23)cc(N2CCOCC2)c1. The van der Waals surface area contributed by atoms with Crippen molar-refractivity contribution in [2.75, 3.05) is 44.3 Å². The summed E-state index contributed by atoms with van der Waals surface area (Å²) in [5.74, 6) is 0.372. The molecule has 0 aliphatic carbocycles. The van der Waals surface area contributed by atoms with Crippen LogP contribution in [0.3, 0.4) is 0 Å². The Labute approximate surface area is 241 Å². The number of aromatic amines is 2. The molecule has 0 saturated carbocycles. The van der Waals surface area contributed by atoms with Crippen LogP contribution in [0.15, 0.2) is 67.1 Å². The molecule has 10 heteroatoms. The molecule has 2 saturated heterocycles. The minimum absolute atomic E-state index is 0.275. The molecule has 0 amide bonds. The number of para-hydroxylation sites is 1. The lowest BCUT2D eigenvalue weighted by molar-refractivity contribution is 0.122. The van der Waals surface area contributed by atoms with Gasteiger partial charge >= 0.3 is 0 Å². The van der Waals surface area contributed by atoms with Crippen molar-refractivity contribution in [1.82, 2.24) is 35.0 Å². The number of rotatable bonds is 6. The Morgan fingerprint density at radius 1 is 0.905 bits per heavy atom. The summed E-state index contributed by atoms with van der Waals surface area (Å²) in [6.45, 7) is 5.95. The minimum atomic E-state index is -0.275. The molecule has 2 aliphatic rings. The summed E-state index contributed by atoms with van der Waals surface area (Å²) in [5, 5.41) is 8.45. The summed E-state index contributed by atoms with van der Waals surface area (Å²) in [4.78, 5) is 22.1. The van der Waals surface area contributed by atoms with Gasteiger partial charge in [0.25, 0.3) is 0 Å². The molecule has 0 spiro atoms. The van der Waals surface area contributed by atoms with Gasteiger partial charge in [-0.3, -0.25) is 15.0 Å². The fourth-order valence-electron chi connectivity index (χ4n) is 5.89. The van der Waals surface area contributed by atoms with Crippen LogP contribution in [0.1, 0.15) is 12.0 Å². The van der Waals surface area contributed by atoms with E-state index in [1.54, 1.807) is 12.1 Å². The van der Waals surface area contributed by atoms with Crippen molar-refractivity contribution in [1.29, 1.82) is 0 Å².